The molecule has 72 valence electrons. The van der Waals surface area contributed by atoms with Gasteiger partial charge < -0.3 is 5.32 Å². The van der Waals surface area contributed by atoms with Crippen LogP contribution in [0, 0.1) is 5.92 Å². The lowest BCUT2D eigenvalue weighted by atomic mass is 9.96. The standard InChI is InChI=1S/C10H14BrNS/c1-7-2-3-8(12-6-7)9-4-5-10(11)13-9/h4-5,7-8,12H,2-3,6H2,1H3. The Labute approximate surface area is 91.7 Å². The Morgan fingerprint density at radius 2 is 2.31 bits per heavy atom. The van der Waals surface area contributed by atoms with Crippen molar-refractivity contribution in [3.05, 3.63) is 20.8 Å². The van der Waals surface area contributed by atoms with Crippen LogP contribution in [-0.4, -0.2) is 6.54 Å². The summed E-state index contributed by atoms with van der Waals surface area (Å²) in [5.74, 6) is 0.847. The third kappa shape index (κ3) is 2.33. The second-order valence-corrected chi connectivity index (χ2v) is 6.28. The van der Waals surface area contributed by atoms with Gasteiger partial charge in [-0.3, -0.25) is 0 Å². The average molecular weight is 260 g/mol. The number of piperidine rings is 1. The molecular formula is C10H14BrNS. The van der Waals surface area contributed by atoms with Crippen molar-refractivity contribution in [2.75, 3.05) is 6.54 Å². The molecule has 1 aromatic rings. The maximum atomic E-state index is 3.59. The molecule has 0 spiro atoms. The summed E-state index contributed by atoms with van der Waals surface area (Å²) < 4.78 is 1.24. The molecular weight excluding hydrogens is 246 g/mol. The van der Waals surface area contributed by atoms with Crippen LogP contribution in [0.5, 0.6) is 0 Å². The third-order valence-electron chi connectivity index (χ3n) is 2.60. The molecule has 1 aromatic heterocycles. The lowest BCUT2D eigenvalue weighted by molar-refractivity contribution is 0.336. The number of halogens is 1. The normalized spacial score (nSPS) is 29.1. The van der Waals surface area contributed by atoms with Crippen molar-refractivity contribution in [3.63, 3.8) is 0 Å². The molecule has 1 aliphatic heterocycles. The minimum atomic E-state index is 0.604. The van der Waals surface area contributed by atoms with Gasteiger partial charge in [-0.05, 0) is 53.4 Å². The lowest BCUT2D eigenvalue weighted by Crippen LogP contribution is -2.31. The van der Waals surface area contributed by atoms with E-state index >= 15 is 0 Å². The Bertz CT molecular complexity index is 276. The molecule has 3 heteroatoms. The van der Waals surface area contributed by atoms with Gasteiger partial charge in [0.1, 0.15) is 0 Å². The average Bonchev–Trinajstić information content (AvgIpc) is 2.53. The smallest absolute Gasteiger partial charge is 0.0701 e. The summed E-state index contributed by atoms with van der Waals surface area (Å²) in [6.07, 6.45) is 2.64. The van der Waals surface area contributed by atoms with Crippen LogP contribution in [0.3, 0.4) is 0 Å². The van der Waals surface area contributed by atoms with E-state index in [9.17, 15) is 0 Å². The number of hydrogen-bond donors (Lipinski definition) is 1. The molecule has 0 saturated carbocycles. The quantitative estimate of drug-likeness (QED) is 0.814. The molecule has 1 N–H and O–H groups in total. The highest BCUT2D eigenvalue weighted by Gasteiger charge is 2.19. The molecule has 0 radical (unpaired) electrons. The minimum absolute atomic E-state index is 0.604. The molecule has 0 amide bonds. The van der Waals surface area contributed by atoms with Crippen molar-refractivity contribution < 1.29 is 0 Å². The van der Waals surface area contributed by atoms with Gasteiger partial charge in [0.15, 0.2) is 0 Å². The zero-order chi connectivity index (χ0) is 9.26. The van der Waals surface area contributed by atoms with Gasteiger partial charge in [-0.25, -0.2) is 0 Å². The Hall–Kier alpha value is 0.140. The van der Waals surface area contributed by atoms with E-state index in [2.05, 4.69) is 40.3 Å². The van der Waals surface area contributed by atoms with E-state index in [1.807, 2.05) is 11.3 Å². The van der Waals surface area contributed by atoms with Gasteiger partial charge >= 0.3 is 0 Å². The molecule has 0 aliphatic carbocycles. The van der Waals surface area contributed by atoms with Gasteiger partial charge in [0, 0.05) is 10.9 Å². The second-order valence-electron chi connectivity index (χ2n) is 3.79. The van der Waals surface area contributed by atoms with E-state index in [1.165, 1.54) is 28.0 Å². The van der Waals surface area contributed by atoms with Crippen molar-refractivity contribution in [1.82, 2.24) is 5.32 Å². The highest BCUT2D eigenvalue weighted by molar-refractivity contribution is 9.11. The van der Waals surface area contributed by atoms with Crippen molar-refractivity contribution in [3.8, 4) is 0 Å². The van der Waals surface area contributed by atoms with Crippen LogP contribution in [-0.2, 0) is 0 Å². The SMILES string of the molecule is CC1CCC(c2ccc(Br)s2)NC1. The minimum Gasteiger partial charge on any atom is -0.309 e. The van der Waals surface area contributed by atoms with Crippen molar-refractivity contribution >= 4 is 27.3 Å². The molecule has 0 bridgehead atoms. The first kappa shape index (κ1) is 9.69. The first-order valence-electron chi connectivity index (χ1n) is 4.74. The predicted molar refractivity (Wildman–Crippen MR) is 61.2 cm³/mol. The molecule has 2 rings (SSSR count). The van der Waals surface area contributed by atoms with E-state index in [0.29, 0.717) is 6.04 Å². The second kappa shape index (κ2) is 4.11. The number of hydrogen-bond acceptors (Lipinski definition) is 2. The zero-order valence-electron chi connectivity index (χ0n) is 7.72. The van der Waals surface area contributed by atoms with Crippen LogP contribution in [0.25, 0.3) is 0 Å². The number of nitrogens with one attached hydrogen (secondary N) is 1. The summed E-state index contributed by atoms with van der Waals surface area (Å²) in [7, 11) is 0. The van der Waals surface area contributed by atoms with Crippen molar-refractivity contribution in [2.24, 2.45) is 5.92 Å². The summed E-state index contributed by atoms with van der Waals surface area (Å²) in [4.78, 5) is 1.47. The Morgan fingerprint density at radius 1 is 1.46 bits per heavy atom. The monoisotopic (exact) mass is 259 g/mol. The summed E-state index contributed by atoms with van der Waals surface area (Å²) >= 11 is 5.35. The van der Waals surface area contributed by atoms with E-state index in [4.69, 9.17) is 0 Å². The van der Waals surface area contributed by atoms with Crippen LogP contribution >= 0.6 is 27.3 Å². The van der Waals surface area contributed by atoms with Crippen LogP contribution in [0.4, 0.5) is 0 Å². The van der Waals surface area contributed by atoms with E-state index in [-0.39, 0.29) is 0 Å². The van der Waals surface area contributed by atoms with Gasteiger partial charge in [0.25, 0.3) is 0 Å². The molecule has 2 unspecified atom stereocenters. The van der Waals surface area contributed by atoms with E-state index < -0.39 is 0 Å². The van der Waals surface area contributed by atoms with E-state index in [1.54, 1.807) is 0 Å². The fraction of sp³-hybridized carbons (Fsp3) is 0.600. The fourth-order valence-corrected chi connectivity index (χ4v) is 3.29. The van der Waals surface area contributed by atoms with Crippen LogP contribution in [0.2, 0.25) is 0 Å². The first-order chi connectivity index (χ1) is 6.25. The molecule has 0 aromatic carbocycles. The van der Waals surface area contributed by atoms with Crippen LogP contribution < -0.4 is 5.32 Å². The molecule has 1 aliphatic rings. The van der Waals surface area contributed by atoms with Gasteiger partial charge in [-0.1, -0.05) is 6.92 Å². The summed E-state index contributed by atoms with van der Waals surface area (Å²) in [5, 5.41) is 3.59. The maximum Gasteiger partial charge on any atom is 0.0701 e. The maximum absolute atomic E-state index is 3.59. The molecule has 1 nitrogen and oxygen atoms in total. The largest absolute Gasteiger partial charge is 0.309 e. The van der Waals surface area contributed by atoms with Gasteiger partial charge in [0.05, 0.1) is 3.79 Å². The lowest BCUT2D eigenvalue weighted by Gasteiger charge is -2.26. The van der Waals surface area contributed by atoms with Gasteiger partial charge in [0.2, 0.25) is 0 Å². The van der Waals surface area contributed by atoms with Crippen LogP contribution in [0.1, 0.15) is 30.7 Å². The summed E-state index contributed by atoms with van der Waals surface area (Å²) in [6, 6.07) is 4.97. The highest BCUT2D eigenvalue weighted by atomic mass is 79.9. The number of rotatable bonds is 1. The third-order valence-corrected chi connectivity index (χ3v) is 4.34. The van der Waals surface area contributed by atoms with Crippen molar-refractivity contribution in [1.29, 1.82) is 0 Å². The van der Waals surface area contributed by atoms with E-state index in [0.717, 1.165) is 5.92 Å². The number of thiophene rings is 1. The van der Waals surface area contributed by atoms with Gasteiger partial charge in [-0.2, -0.15) is 0 Å². The van der Waals surface area contributed by atoms with Crippen LogP contribution in [0.15, 0.2) is 15.9 Å². The molecule has 1 fully saturated rings. The molecule has 2 atom stereocenters. The van der Waals surface area contributed by atoms with Gasteiger partial charge in [-0.15, -0.1) is 11.3 Å². The highest BCUT2D eigenvalue weighted by Crippen LogP contribution is 2.32. The Kier molecular flexibility index (Phi) is 3.06. The Morgan fingerprint density at radius 3 is 2.85 bits per heavy atom. The fourth-order valence-electron chi connectivity index (χ4n) is 1.76. The molecule has 1 saturated heterocycles. The first-order valence-corrected chi connectivity index (χ1v) is 6.35. The molecule has 13 heavy (non-hydrogen) atoms. The predicted octanol–water partition coefficient (Wildman–Crippen LogP) is 3.57. The Balaban J connectivity index is 2.02. The molecule has 2 heterocycles. The summed E-state index contributed by atoms with van der Waals surface area (Å²) in [6.45, 7) is 3.48. The topological polar surface area (TPSA) is 12.0 Å². The van der Waals surface area contributed by atoms with Crippen molar-refractivity contribution in [2.45, 2.75) is 25.8 Å². The summed E-state index contributed by atoms with van der Waals surface area (Å²) in [5.41, 5.74) is 0. The zero-order valence-corrected chi connectivity index (χ0v) is 10.1.